The zero-order valence-electron chi connectivity index (χ0n) is 12.2. The molecule has 118 valence electrons. The SMILES string of the molecule is CC(C)C(C(=O)NS(=O)(=O)c1ccc(F)c(Cl)c1)N(C)C. The van der Waals surface area contributed by atoms with Crippen LogP contribution >= 0.6 is 11.6 Å². The van der Waals surface area contributed by atoms with E-state index in [0.717, 1.165) is 18.2 Å². The van der Waals surface area contributed by atoms with Gasteiger partial charge in [-0.1, -0.05) is 25.4 Å². The minimum atomic E-state index is -4.09. The van der Waals surface area contributed by atoms with Gasteiger partial charge in [-0.15, -0.1) is 0 Å². The molecule has 0 aliphatic carbocycles. The predicted octanol–water partition coefficient (Wildman–Crippen LogP) is 1.87. The quantitative estimate of drug-likeness (QED) is 0.891. The highest BCUT2D eigenvalue weighted by Gasteiger charge is 2.28. The van der Waals surface area contributed by atoms with Gasteiger partial charge in [0.05, 0.1) is 16.0 Å². The van der Waals surface area contributed by atoms with Crippen LogP contribution in [0.2, 0.25) is 5.02 Å². The normalized spacial score (nSPS) is 13.5. The van der Waals surface area contributed by atoms with E-state index in [1.54, 1.807) is 19.0 Å². The molecule has 0 heterocycles. The minimum absolute atomic E-state index is 0.0768. The van der Waals surface area contributed by atoms with Gasteiger partial charge >= 0.3 is 0 Å². The third-order valence-corrected chi connectivity index (χ3v) is 4.53. The molecule has 1 atom stereocenters. The van der Waals surface area contributed by atoms with Crippen LogP contribution in [-0.2, 0) is 14.8 Å². The molecule has 0 bridgehead atoms. The molecule has 1 aromatic carbocycles. The average Bonchev–Trinajstić information content (AvgIpc) is 2.30. The van der Waals surface area contributed by atoms with E-state index < -0.39 is 27.8 Å². The molecule has 0 aromatic heterocycles. The number of halogens is 2. The van der Waals surface area contributed by atoms with Crippen LogP contribution in [0.25, 0.3) is 0 Å². The first-order chi connectivity index (χ1) is 9.56. The van der Waals surface area contributed by atoms with E-state index in [0.29, 0.717) is 0 Å². The van der Waals surface area contributed by atoms with Crippen LogP contribution in [0.3, 0.4) is 0 Å². The van der Waals surface area contributed by atoms with Crippen molar-refractivity contribution in [1.82, 2.24) is 9.62 Å². The minimum Gasteiger partial charge on any atom is -0.298 e. The van der Waals surface area contributed by atoms with Crippen LogP contribution in [0.1, 0.15) is 13.8 Å². The zero-order chi connectivity index (χ0) is 16.4. The smallest absolute Gasteiger partial charge is 0.264 e. The largest absolute Gasteiger partial charge is 0.298 e. The monoisotopic (exact) mass is 336 g/mol. The number of nitrogens with one attached hydrogen (secondary N) is 1. The van der Waals surface area contributed by atoms with Crippen LogP contribution in [0.4, 0.5) is 4.39 Å². The van der Waals surface area contributed by atoms with E-state index in [2.05, 4.69) is 0 Å². The topological polar surface area (TPSA) is 66.5 Å². The molecule has 0 fully saturated rings. The molecule has 0 spiro atoms. The van der Waals surface area contributed by atoms with Crippen molar-refractivity contribution in [3.8, 4) is 0 Å². The summed E-state index contributed by atoms with van der Waals surface area (Å²) in [4.78, 5) is 13.5. The summed E-state index contributed by atoms with van der Waals surface area (Å²) < 4.78 is 39.3. The van der Waals surface area contributed by atoms with Gasteiger partial charge < -0.3 is 0 Å². The third kappa shape index (κ3) is 4.39. The number of hydrogen-bond acceptors (Lipinski definition) is 4. The molecule has 21 heavy (non-hydrogen) atoms. The number of rotatable bonds is 5. The number of amides is 1. The van der Waals surface area contributed by atoms with Gasteiger partial charge in [-0.25, -0.2) is 17.5 Å². The van der Waals surface area contributed by atoms with E-state index >= 15 is 0 Å². The lowest BCUT2D eigenvalue weighted by Crippen LogP contribution is -2.48. The summed E-state index contributed by atoms with van der Waals surface area (Å²) in [6.07, 6.45) is 0. The number of likely N-dealkylation sites (N-methyl/N-ethyl adjacent to an activating group) is 1. The first-order valence-corrected chi connectivity index (χ1v) is 8.10. The molecule has 0 aliphatic heterocycles. The lowest BCUT2D eigenvalue weighted by Gasteiger charge is -2.26. The van der Waals surface area contributed by atoms with E-state index in [1.807, 2.05) is 18.6 Å². The second kappa shape index (κ2) is 6.72. The van der Waals surface area contributed by atoms with E-state index in [4.69, 9.17) is 11.6 Å². The Kier molecular flexibility index (Phi) is 5.72. The first-order valence-electron chi connectivity index (χ1n) is 6.24. The lowest BCUT2D eigenvalue weighted by molar-refractivity contribution is -0.125. The third-order valence-electron chi connectivity index (χ3n) is 2.89. The first kappa shape index (κ1) is 17.9. The Morgan fingerprint density at radius 3 is 2.33 bits per heavy atom. The van der Waals surface area contributed by atoms with Crippen molar-refractivity contribution in [1.29, 1.82) is 0 Å². The number of benzene rings is 1. The highest BCUT2D eigenvalue weighted by molar-refractivity contribution is 7.90. The number of sulfonamides is 1. The molecule has 1 unspecified atom stereocenters. The summed E-state index contributed by atoms with van der Waals surface area (Å²) in [6.45, 7) is 3.62. The van der Waals surface area contributed by atoms with Gasteiger partial charge in [-0.3, -0.25) is 9.69 Å². The number of carbonyl (C=O) groups excluding carboxylic acids is 1. The molecule has 0 radical (unpaired) electrons. The van der Waals surface area contributed by atoms with Gasteiger partial charge in [-0.05, 0) is 38.2 Å². The van der Waals surface area contributed by atoms with Crippen LogP contribution < -0.4 is 4.72 Å². The standard InChI is InChI=1S/C13H18ClFN2O3S/c1-8(2)12(17(3)4)13(18)16-21(19,20)9-5-6-11(15)10(14)7-9/h5-8,12H,1-4H3,(H,16,18). The van der Waals surface area contributed by atoms with Gasteiger partial charge in [0.15, 0.2) is 0 Å². The molecule has 1 amide bonds. The second-order valence-electron chi connectivity index (χ2n) is 5.20. The zero-order valence-corrected chi connectivity index (χ0v) is 13.8. The number of hydrogen-bond donors (Lipinski definition) is 1. The molecule has 8 heteroatoms. The maximum atomic E-state index is 13.1. The van der Waals surface area contributed by atoms with Crippen molar-refractivity contribution in [2.24, 2.45) is 5.92 Å². The molecular weight excluding hydrogens is 319 g/mol. The predicted molar refractivity (Wildman–Crippen MR) is 79.1 cm³/mol. The maximum absolute atomic E-state index is 13.1. The van der Waals surface area contributed by atoms with Crippen LogP contribution in [0.5, 0.6) is 0 Å². The molecule has 5 nitrogen and oxygen atoms in total. The fourth-order valence-corrected chi connectivity index (χ4v) is 3.30. The summed E-state index contributed by atoms with van der Waals surface area (Å²) in [7, 11) is -0.716. The van der Waals surface area contributed by atoms with Gasteiger partial charge in [0.1, 0.15) is 5.82 Å². The van der Waals surface area contributed by atoms with Gasteiger partial charge in [0, 0.05) is 0 Å². The summed E-state index contributed by atoms with van der Waals surface area (Å²) >= 11 is 5.56. The Hall–Kier alpha value is -1.18. The fraction of sp³-hybridized carbons (Fsp3) is 0.462. The van der Waals surface area contributed by atoms with Crippen molar-refractivity contribution in [3.05, 3.63) is 29.0 Å². The summed E-state index contributed by atoms with van der Waals surface area (Å²) in [5, 5.41) is -0.321. The number of carbonyl (C=O) groups is 1. The van der Waals surface area contributed by atoms with Gasteiger partial charge in [-0.2, -0.15) is 0 Å². The molecule has 0 saturated carbocycles. The molecule has 0 aliphatic rings. The lowest BCUT2D eigenvalue weighted by atomic mass is 10.0. The summed E-state index contributed by atoms with van der Waals surface area (Å²) in [6, 6.07) is 2.35. The molecule has 1 rings (SSSR count). The van der Waals surface area contributed by atoms with Crippen molar-refractivity contribution in [2.75, 3.05) is 14.1 Å². The van der Waals surface area contributed by atoms with E-state index in [1.165, 1.54) is 0 Å². The Bertz CT molecular complexity index is 624. The van der Waals surface area contributed by atoms with Crippen LogP contribution in [0.15, 0.2) is 23.1 Å². The molecule has 0 saturated heterocycles. The Labute approximate surface area is 129 Å². The van der Waals surface area contributed by atoms with Gasteiger partial charge in [0.25, 0.3) is 15.9 Å². The second-order valence-corrected chi connectivity index (χ2v) is 7.29. The Morgan fingerprint density at radius 1 is 1.33 bits per heavy atom. The van der Waals surface area contributed by atoms with Crippen molar-refractivity contribution < 1.29 is 17.6 Å². The van der Waals surface area contributed by atoms with Crippen molar-refractivity contribution in [3.63, 3.8) is 0 Å². The highest BCUT2D eigenvalue weighted by Crippen LogP contribution is 2.19. The van der Waals surface area contributed by atoms with Crippen molar-refractivity contribution >= 4 is 27.5 Å². The van der Waals surface area contributed by atoms with Gasteiger partial charge in [0.2, 0.25) is 0 Å². The summed E-state index contributed by atoms with van der Waals surface area (Å²) in [5.74, 6) is -1.45. The number of nitrogens with zero attached hydrogens (tertiary/aromatic N) is 1. The summed E-state index contributed by atoms with van der Waals surface area (Å²) in [5.41, 5.74) is 0. The highest BCUT2D eigenvalue weighted by atomic mass is 35.5. The molecule has 1 N–H and O–H groups in total. The Morgan fingerprint density at radius 2 is 1.90 bits per heavy atom. The Balaban J connectivity index is 3.04. The molecule has 1 aromatic rings. The fourth-order valence-electron chi connectivity index (χ4n) is 2.03. The van der Waals surface area contributed by atoms with Crippen molar-refractivity contribution in [2.45, 2.75) is 24.8 Å². The van der Waals surface area contributed by atoms with E-state index in [-0.39, 0.29) is 15.8 Å². The maximum Gasteiger partial charge on any atom is 0.264 e. The van der Waals surface area contributed by atoms with E-state index in [9.17, 15) is 17.6 Å². The van der Waals surface area contributed by atoms with Crippen LogP contribution in [0, 0.1) is 11.7 Å². The van der Waals surface area contributed by atoms with Crippen LogP contribution in [-0.4, -0.2) is 39.4 Å². The average molecular weight is 337 g/mol. The molecular formula is C13H18ClFN2O3S.